The number of thioether (sulfide) groups is 1. The van der Waals surface area contributed by atoms with E-state index in [-0.39, 0.29) is 22.9 Å². The van der Waals surface area contributed by atoms with Gasteiger partial charge < -0.3 is 5.32 Å². The van der Waals surface area contributed by atoms with Crippen molar-refractivity contribution >= 4 is 35.0 Å². The molecule has 4 nitrogen and oxygen atoms in total. The highest BCUT2D eigenvalue weighted by molar-refractivity contribution is 8.00. The fraction of sp³-hybridized carbons (Fsp3) is 0.200. The zero-order valence-corrected chi connectivity index (χ0v) is 18.5. The third kappa shape index (κ3) is 5.06. The van der Waals surface area contributed by atoms with E-state index < -0.39 is 11.7 Å². The predicted molar refractivity (Wildman–Crippen MR) is 124 cm³/mol. The number of hydrogen-bond acceptors (Lipinski definition) is 3. The van der Waals surface area contributed by atoms with Crippen molar-refractivity contribution in [1.29, 1.82) is 0 Å². The number of carbonyl (C=O) groups is 2. The van der Waals surface area contributed by atoms with Gasteiger partial charge in [0, 0.05) is 16.9 Å². The highest BCUT2D eigenvalue weighted by atomic mass is 32.2. The van der Waals surface area contributed by atoms with Crippen molar-refractivity contribution in [2.45, 2.75) is 24.9 Å². The van der Waals surface area contributed by atoms with Crippen LogP contribution in [0.4, 0.5) is 24.5 Å². The van der Waals surface area contributed by atoms with Crippen LogP contribution in [-0.2, 0) is 17.4 Å². The Kier molecular flexibility index (Phi) is 6.47. The minimum Gasteiger partial charge on any atom is -0.322 e. The molecule has 1 aliphatic heterocycles. The monoisotopic (exact) mass is 470 g/mol. The van der Waals surface area contributed by atoms with Crippen molar-refractivity contribution in [2.24, 2.45) is 0 Å². The molecule has 4 rings (SSSR count). The van der Waals surface area contributed by atoms with Gasteiger partial charge in [-0.15, -0.1) is 11.8 Å². The average molecular weight is 471 g/mol. The molecular formula is C25H21F3N2O2S. The van der Waals surface area contributed by atoms with Gasteiger partial charge >= 0.3 is 6.18 Å². The van der Waals surface area contributed by atoms with E-state index in [9.17, 15) is 22.8 Å². The summed E-state index contributed by atoms with van der Waals surface area (Å²) in [7, 11) is 0. The van der Waals surface area contributed by atoms with Crippen LogP contribution in [0.5, 0.6) is 0 Å². The van der Waals surface area contributed by atoms with Crippen LogP contribution in [-0.4, -0.2) is 17.6 Å². The highest BCUT2D eigenvalue weighted by Crippen LogP contribution is 2.42. The van der Waals surface area contributed by atoms with E-state index in [0.29, 0.717) is 16.9 Å². The Balaban J connectivity index is 1.49. The predicted octanol–water partition coefficient (Wildman–Crippen LogP) is 6.30. The van der Waals surface area contributed by atoms with E-state index >= 15 is 0 Å². The zero-order valence-electron chi connectivity index (χ0n) is 17.7. The first-order chi connectivity index (χ1) is 15.8. The Morgan fingerprint density at radius 3 is 2.21 bits per heavy atom. The van der Waals surface area contributed by atoms with E-state index in [1.807, 2.05) is 31.2 Å². The number of anilines is 2. The molecule has 0 spiro atoms. The summed E-state index contributed by atoms with van der Waals surface area (Å²) in [6.45, 7) is 2.05. The fourth-order valence-electron chi connectivity index (χ4n) is 3.59. The normalized spacial score (nSPS) is 16.2. The maximum absolute atomic E-state index is 12.9. The molecule has 2 amide bonds. The summed E-state index contributed by atoms with van der Waals surface area (Å²) in [4.78, 5) is 26.5. The van der Waals surface area contributed by atoms with Crippen LogP contribution >= 0.6 is 11.8 Å². The molecule has 170 valence electrons. The standard InChI is InChI=1S/C25H21F3N2O2S/c1-2-16-3-5-17(6-4-16)23(32)29-20-11-7-18(8-12-20)24-30(22(31)15-33-24)21-13-9-19(10-14-21)25(26,27)28/h3-14,24H,2,15H2,1H3,(H,29,32). The number of nitrogens with one attached hydrogen (secondary N) is 1. The molecular weight excluding hydrogens is 449 g/mol. The van der Waals surface area contributed by atoms with Crippen LogP contribution in [0.3, 0.4) is 0 Å². The molecule has 3 aromatic carbocycles. The number of benzene rings is 3. The average Bonchev–Trinajstić information content (AvgIpc) is 3.20. The van der Waals surface area contributed by atoms with Crippen molar-refractivity contribution in [3.05, 3.63) is 95.1 Å². The molecule has 0 radical (unpaired) electrons. The van der Waals surface area contributed by atoms with Gasteiger partial charge in [0.15, 0.2) is 0 Å². The first-order valence-corrected chi connectivity index (χ1v) is 11.4. The number of carbonyl (C=O) groups excluding carboxylic acids is 2. The molecule has 1 aliphatic rings. The molecule has 1 fully saturated rings. The molecule has 1 atom stereocenters. The lowest BCUT2D eigenvalue weighted by molar-refractivity contribution is -0.137. The lowest BCUT2D eigenvalue weighted by Crippen LogP contribution is -2.27. The molecule has 0 saturated carbocycles. The lowest BCUT2D eigenvalue weighted by atomic mass is 10.1. The summed E-state index contributed by atoms with van der Waals surface area (Å²) < 4.78 is 38.6. The Hall–Kier alpha value is -3.26. The fourth-order valence-corrected chi connectivity index (χ4v) is 4.76. The number of alkyl halides is 3. The molecule has 33 heavy (non-hydrogen) atoms. The molecule has 0 bridgehead atoms. The first-order valence-electron chi connectivity index (χ1n) is 10.4. The number of halogens is 3. The van der Waals surface area contributed by atoms with Crippen molar-refractivity contribution < 1.29 is 22.8 Å². The van der Waals surface area contributed by atoms with Gasteiger partial charge in [0.05, 0.1) is 11.3 Å². The van der Waals surface area contributed by atoms with Gasteiger partial charge in [-0.05, 0) is 66.1 Å². The molecule has 0 aliphatic carbocycles. The van der Waals surface area contributed by atoms with Crippen LogP contribution in [0.1, 0.15) is 39.3 Å². The Morgan fingerprint density at radius 1 is 1.00 bits per heavy atom. The highest BCUT2D eigenvalue weighted by Gasteiger charge is 2.35. The number of hydrogen-bond donors (Lipinski definition) is 1. The second-order valence-electron chi connectivity index (χ2n) is 7.60. The number of nitrogens with zero attached hydrogens (tertiary/aromatic N) is 1. The van der Waals surface area contributed by atoms with Crippen LogP contribution in [0, 0.1) is 0 Å². The number of amides is 2. The second kappa shape index (κ2) is 9.31. The van der Waals surface area contributed by atoms with Gasteiger partial charge in [0.2, 0.25) is 5.91 Å². The summed E-state index contributed by atoms with van der Waals surface area (Å²) >= 11 is 1.40. The molecule has 8 heteroatoms. The quantitative estimate of drug-likeness (QED) is 0.476. The topological polar surface area (TPSA) is 49.4 Å². The van der Waals surface area contributed by atoms with Crippen molar-refractivity contribution in [3.8, 4) is 0 Å². The molecule has 1 heterocycles. The lowest BCUT2D eigenvalue weighted by Gasteiger charge is -2.25. The third-order valence-electron chi connectivity index (χ3n) is 5.42. The maximum Gasteiger partial charge on any atom is 0.416 e. The minimum absolute atomic E-state index is 0.169. The largest absolute Gasteiger partial charge is 0.416 e. The zero-order chi connectivity index (χ0) is 23.6. The molecule has 3 aromatic rings. The Labute approximate surface area is 193 Å². The van der Waals surface area contributed by atoms with Gasteiger partial charge in [-0.3, -0.25) is 14.5 Å². The Bertz CT molecular complexity index is 1140. The van der Waals surface area contributed by atoms with E-state index in [1.54, 1.807) is 24.3 Å². The summed E-state index contributed by atoms with van der Waals surface area (Å²) in [5.41, 5.74) is 2.79. The number of rotatable bonds is 5. The van der Waals surface area contributed by atoms with Gasteiger partial charge in [-0.25, -0.2) is 0 Å². The van der Waals surface area contributed by atoms with Crippen molar-refractivity contribution in [3.63, 3.8) is 0 Å². The second-order valence-corrected chi connectivity index (χ2v) is 8.67. The van der Waals surface area contributed by atoms with E-state index in [4.69, 9.17) is 0 Å². The molecule has 1 N–H and O–H groups in total. The Morgan fingerprint density at radius 2 is 1.64 bits per heavy atom. The van der Waals surface area contributed by atoms with Crippen LogP contribution < -0.4 is 10.2 Å². The van der Waals surface area contributed by atoms with Crippen LogP contribution in [0.25, 0.3) is 0 Å². The first kappa shape index (κ1) is 22.9. The van der Waals surface area contributed by atoms with Crippen molar-refractivity contribution in [2.75, 3.05) is 16.0 Å². The van der Waals surface area contributed by atoms with E-state index in [2.05, 4.69) is 5.32 Å². The summed E-state index contributed by atoms with van der Waals surface area (Å²) in [6, 6.07) is 19.1. The van der Waals surface area contributed by atoms with Gasteiger partial charge in [-0.1, -0.05) is 31.2 Å². The van der Waals surface area contributed by atoms with Gasteiger partial charge in [0.1, 0.15) is 5.37 Å². The van der Waals surface area contributed by atoms with Crippen molar-refractivity contribution in [1.82, 2.24) is 0 Å². The SMILES string of the molecule is CCc1ccc(C(=O)Nc2ccc(C3SCC(=O)N3c3ccc(C(F)(F)F)cc3)cc2)cc1. The minimum atomic E-state index is -4.43. The third-order valence-corrected chi connectivity index (χ3v) is 6.63. The summed E-state index contributed by atoms with van der Waals surface area (Å²) in [5, 5.41) is 2.49. The molecule has 0 aromatic heterocycles. The van der Waals surface area contributed by atoms with Crippen LogP contribution in [0.2, 0.25) is 0 Å². The smallest absolute Gasteiger partial charge is 0.322 e. The summed E-state index contributed by atoms with van der Waals surface area (Å²) in [5.74, 6) is -0.155. The van der Waals surface area contributed by atoms with Gasteiger partial charge in [-0.2, -0.15) is 13.2 Å². The number of aryl methyl sites for hydroxylation is 1. The van der Waals surface area contributed by atoms with Gasteiger partial charge in [0.25, 0.3) is 5.91 Å². The van der Waals surface area contributed by atoms with Crippen LogP contribution in [0.15, 0.2) is 72.8 Å². The maximum atomic E-state index is 12.9. The molecule has 1 saturated heterocycles. The van der Waals surface area contributed by atoms with E-state index in [1.165, 1.54) is 28.8 Å². The van der Waals surface area contributed by atoms with E-state index in [0.717, 1.165) is 29.7 Å². The molecule has 1 unspecified atom stereocenters. The summed E-state index contributed by atoms with van der Waals surface area (Å²) in [6.07, 6.45) is -3.53.